The second-order valence-corrected chi connectivity index (χ2v) is 7.36. The molecule has 4 rings (SSSR count). The lowest BCUT2D eigenvalue weighted by molar-refractivity contribution is 0.0252. The van der Waals surface area contributed by atoms with Gasteiger partial charge < -0.3 is 10.1 Å². The van der Waals surface area contributed by atoms with Crippen LogP contribution in [0.4, 0.5) is 5.69 Å². The summed E-state index contributed by atoms with van der Waals surface area (Å²) >= 11 is 11.9. The van der Waals surface area contributed by atoms with Crippen LogP contribution in [-0.4, -0.2) is 11.9 Å². The Morgan fingerprint density at radius 1 is 0.964 bits per heavy atom. The van der Waals surface area contributed by atoms with Gasteiger partial charge in [0.15, 0.2) is 0 Å². The van der Waals surface area contributed by atoms with E-state index in [2.05, 4.69) is 5.32 Å². The summed E-state index contributed by atoms with van der Waals surface area (Å²) in [6, 6.07) is 19.1. The molecule has 0 aromatic heterocycles. The van der Waals surface area contributed by atoms with Crippen molar-refractivity contribution in [2.45, 2.75) is 12.5 Å². The van der Waals surface area contributed by atoms with Crippen molar-refractivity contribution in [1.82, 2.24) is 0 Å². The summed E-state index contributed by atoms with van der Waals surface area (Å²) in [6.07, 6.45) is 0.0737. The van der Waals surface area contributed by atoms with Gasteiger partial charge in [0, 0.05) is 27.7 Å². The molecule has 0 saturated heterocycles. The lowest BCUT2D eigenvalue weighted by atomic mass is 9.93. The molecule has 0 unspecified atom stereocenters. The van der Waals surface area contributed by atoms with Crippen LogP contribution in [0, 0.1) is 0 Å². The average molecular weight is 412 g/mol. The van der Waals surface area contributed by atoms with Gasteiger partial charge in [-0.15, -0.1) is 0 Å². The number of rotatable bonds is 3. The first-order chi connectivity index (χ1) is 13.5. The largest absolute Gasteiger partial charge is 0.454 e. The van der Waals surface area contributed by atoms with Crippen molar-refractivity contribution in [3.63, 3.8) is 0 Å². The fourth-order valence-corrected chi connectivity index (χ4v) is 3.49. The van der Waals surface area contributed by atoms with Crippen molar-refractivity contribution in [3.05, 3.63) is 99.0 Å². The van der Waals surface area contributed by atoms with E-state index in [-0.39, 0.29) is 5.91 Å². The molecule has 0 aliphatic carbocycles. The van der Waals surface area contributed by atoms with E-state index in [0.717, 1.165) is 11.1 Å². The maximum absolute atomic E-state index is 12.6. The smallest absolute Gasteiger partial charge is 0.339 e. The maximum atomic E-state index is 12.6. The van der Waals surface area contributed by atoms with Crippen LogP contribution in [0.5, 0.6) is 0 Å². The zero-order valence-electron chi connectivity index (χ0n) is 14.6. The normalized spacial score (nSPS) is 15.5. The quantitative estimate of drug-likeness (QED) is 0.562. The van der Waals surface area contributed by atoms with Gasteiger partial charge in [0.05, 0.1) is 5.56 Å². The van der Waals surface area contributed by atoms with Crippen LogP contribution >= 0.6 is 23.2 Å². The Kier molecular flexibility index (Phi) is 5.07. The van der Waals surface area contributed by atoms with E-state index >= 15 is 0 Å². The minimum absolute atomic E-state index is 0.271. The number of nitrogens with one attached hydrogen (secondary N) is 1. The Balaban J connectivity index is 1.58. The first-order valence-electron chi connectivity index (χ1n) is 8.66. The second kappa shape index (κ2) is 7.66. The fraction of sp³-hybridized carbons (Fsp3) is 0.0909. The van der Waals surface area contributed by atoms with E-state index in [1.165, 1.54) is 0 Å². The van der Waals surface area contributed by atoms with E-state index in [1.807, 2.05) is 12.1 Å². The zero-order valence-corrected chi connectivity index (χ0v) is 16.1. The van der Waals surface area contributed by atoms with Gasteiger partial charge >= 0.3 is 5.97 Å². The molecule has 140 valence electrons. The van der Waals surface area contributed by atoms with Crippen LogP contribution in [0.25, 0.3) is 0 Å². The summed E-state index contributed by atoms with van der Waals surface area (Å²) in [5.41, 5.74) is 3.17. The predicted octanol–water partition coefficient (Wildman–Crippen LogP) is 5.70. The predicted molar refractivity (Wildman–Crippen MR) is 109 cm³/mol. The van der Waals surface area contributed by atoms with E-state index in [1.54, 1.807) is 54.6 Å². The number of fused-ring (bicyclic) bond motifs is 1. The molecular formula is C22H15Cl2NO3. The summed E-state index contributed by atoms with van der Waals surface area (Å²) in [6.45, 7) is 0. The number of benzene rings is 3. The van der Waals surface area contributed by atoms with Crippen molar-refractivity contribution in [2.75, 3.05) is 5.32 Å². The minimum Gasteiger partial charge on any atom is -0.454 e. The van der Waals surface area contributed by atoms with Crippen molar-refractivity contribution >= 4 is 40.8 Å². The summed E-state index contributed by atoms with van der Waals surface area (Å²) in [4.78, 5) is 25.0. The molecule has 1 N–H and O–H groups in total. The van der Waals surface area contributed by atoms with Gasteiger partial charge in [-0.2, -0.15) is 0 Å². The number of halogens is 2. The highest BCUT2D eigenvalue weighted by Gasteiger charge is 2.28. The van der Waals surface area contributed by atoms with Crippen LogP contribution in [0.15, 0.2) is 66.7 Å². The van der Waals surface area contributed by atoms with E-state index < -0.39 is 12.1 Å². The molecule has 0 saturated carbocycles. The lowest BCUT2D eigenvalue weighted by Gasteiger charge is -2.25. The number of anilines is 1. The number of esters is 1. The molecule has 3 aromatic carbocycles. The van der Waals surface area contributed by atoms with Gasteiger partial charge in [0.25, 0.3) is 5.91 Å². The minimum atomic E-state index is -0.413. The summed E-state index contributed by atoms with van der Waals surface area (Å²) in [7, 11) is 0. The third-order valence-electron chi connectivity index (χ3n) is 4.57. The van der Waals surface area contributed by atoms with Crippen LogP contribution in [0.3, 0.4) is 0 Å². The van der Waals surface area contributed by atoms with Crippen LogP contribution in [0.1, 0.15) is 37.9 Å². The Hall–Kier alpha value is -2.82. The molecule has 0 radical (unpaired) electrons. The molecule has 1 amide bonds. The van der Waals surface area contributed by atoms with E-state index in [9.17, 15) is 9.59 Å². The monoisotopic (exact) mass is 411 g/mol. The van der Waals surface area contributed by atoms with Crippen LogP contribution < -0.4 is 5.32 Å². The highest BCUT2D eigenvalue weighted by Crippen LogP contribution is 2.32. The second-order valence-electron chi connectivity index (χ2n) is 6.49. The van der Waals surface area contributed by atoms with Crippen molar-refractivity contribution < 1.29 is 14.3 Å². The molecular weight excluding hydrogens is 397 g/mol. The van der Waals surface area contributed by atoms with Crippen molar-refractivity contribution in [2.24, 2.45) is 0 Å². The molecule has 0 spiro atoms. The molecule has 6 heteroatoms. The topological polar surface area (TPSA) is 55.4 Å². The molecule has 1 heterocycles. The Morgan fingerprint density at radius 2 is 1.75 bits per heavy atom. The molecule has 1 atom stereocenters. The van der Waals surface area contributed by atoms with Gasteiger partial charge in [-0.25, -0.2) is 4.79 Å². The van der Waals surface area contributed by atoms with Crippen molar-refractivity contribution in [1.29, 1.82) is 0 Å². The highest BCUT2D eigenvalue weighted by molar-refractivity contribution is 6.31. The highest BCUT2D eigenvalue weighted by atomic mass is 35.5. The fourth-order valence-electron chi connectivity index (χ4n) is 3.17. The number of amides is 1. The first kappa shape index (κ1) is 18.5. The molecule has 28 heavy (non-hydrogen) atoms. The summed E-state index contributed by atoms with van der Waals surface area (Å²) in [5.74, 6) is -0.671. The number of hydrogen-bond acceptors (Lipinski definition) is 3. The molecule has 3 aromatic rings. The third-order valence-corrected chi connectivity index (χ3v) is 5.05. The van der Waals surface area contributed by atoms with Crippen molar-refractivity contribution in [3.8, 4) is 0 Å². The SMILES string of the molecule is O=C(Nc1cccc(Cl)c1)c1ccc2c(c1)C[C@@H](c1ccc(Cl)cc1)OC2=O. The van der Waals surface area contributed by atoms with Gasteiger partial charge in [0.1, 0.15) is 6.10 Å². The van der Waals surface area contributed by atoms with E-state index in [4.69, 9.17) is 27.9 Å². The number of ether oxygens (including phenoxy) is 1. The van der Waals surface area contributed by atoms with Gasteiger partial charge in [-0.3, -0.25) is 4.79 Å². The molecule has 4 nitrogen and oxygen atoms in total. The standard InChI is InChI=1S/C22H15Cl2NO3/c23-16-7-4-13(5-8-16)20-11-15-10-14(6-9-19(15)22(27)28-20)21(26)25-18-3-1-2-17(24)12-18/h1-10,12,20H,11H2,(H,25,26)/t20-/m0/s1. The number of carbonyl (C=O) groups excluding carboxylic acids is 2. The molecule has 0 bridgehead atoms. The Labute approximate surface area is 172 Å². The van der Waals surface area contributed by atoms with Crippen LogP contribution in [-0.2, 0) is 11.2 Å². The maximum Gasteiger partial charge on any atom is 0.339 e. The zero-order chi connectivity index (χ0) is 19.7. The van der Waals surface area contributed by atoms with Crippen LogP contribution in [0.2, 0.25) is 10.0 Å². The third kappa shape index (κ3) is 3.88. The molecule has 1 aliphatic rings. The Bertz CT molecular complexity index is 1060. The summed E-state index contributed by atoms with van der Waals surface area (Å²) < 4.78 is 5.55. The van der Waals surface area contributed by atoms with Gasteiger partial charge in [-0.1, -0.05) is 41.4 Å². The number of hydrogen-bond donors (Lipinski definition) is 1. The van der Waals surface area contributed by atoms with Gasteiger partial charge in [0.2, 0.25) is 0 Å². The summed E-state index contributed by atoms with van der Waals surface area (Å²) in [5, 5.41) is 3.97. The number of carbonyl (C=O) groups is 2. The average Bonchev–Trinajstić information content (AvgIpc) is 2.68. The van der Waals surface area contributed by atoms with Gasteiger partial charge in [-0.05, 0) is 59.7 Å². The molecule has 0 fully saturated rings. The number of cyclic esters (lactones) is 1. The molecule has 1 aliphatic heterocycles. The van der Waals surface area contributed by atoms with E-state index in [0.29, 0.717) is 33.3 Å². The lowest BCUT2D eigenvalue weighted by Crippen LogP contribution is -2.23. The Morgan fingerprint density at radius 3 is 2.50 bits per heavy atom. The first-order valence-corrected chi connectivity index (χ1v) is 9.41.